The first-order valence-electron chi connectivity index (χ1n) is 9.72. The van der Waals surface area contributed by atoms with Crippen LogP contribution in [0.2, 0.25) is 0 Å². The van der Waals surface area contributed by atoms with Gasteiger partial charge in [0.25, 0.3) is 5.56 Å². The van der Waals surface area contributed by atoms with Crippen LogP contribution in [0, 0.1) is 11.3 Å². The molecule has 0 N–H and O–H groups in total. The van der Waals surface area contributed by atoms with E-state index in [1.807, 2.05) is 23.9 Å². The number of nitriles is 1. The molecule has 160 valence electrons. The highest BCUT2D eigenvalue weighted by Crippen LogP contribution is 2.40. The Kier molecular flexibility index (Phi) is 6.58. The predicted octanol–water partition coefficient (Wildman–Crippen LogP) is 3.03. The van der Waals surface area contributed by atoms with Crippen molar-refractivity contribution in [2.75, 3.05) is 27.2 Å². The third-order valence-corrected chi connectivity index (χ3v) is 4.98. The predicted molar refractivity (Wildman–Crippen MR) is 106 cm³/mol. The number of hydrogen-bond acceptors (Lipinski definition) is 5. The minimum absolute atomic E-state index is 0.00768. The highest BCUT2D eigenvalue weighted by Gasteiger charge is 2.37. The fourth-order valence-electron chi connectivity index (χ4n) is 3.11. The standard InChI is InChI=1S/C21H24F3N5O/c1-27(2)9-10-28(13-16-5-3-15(12-25)4-6-16)14-29-20(30)18(21(22,23)24)11-19(26-29)17-7-8-17/h3-6,11,17H,7-10,13-14H2,1-2H3. The Bertz CT molecular complexity index is 972. The van der Waals surface area contributed by atoms with Crippen LogP contribution in [0.1, 0.15) is 41.1 Å². The van der Waals surface area contributed by atoms with Gasteiger partial charge in [0, 0.05) is 25.6 Å². The lowest BCUT2D eigenvalue weighted by atomic mass is 10.1. The zero-order chi connectivity index (χ0) is 21.9. The number of nitrogens with zero attached hydrogens (tertiary/aromatic N) is 5. The van der Waals surface area contributed by atoms with Crippen LogP contribution in [0.4, 0.5) is 13.2 Å². The van der Waals surface area contributed by atoms with Gasteiger partial charge in [-0.2, -0.15) is 23.5 Å². The topological polar surface area (TPSA) is 65.2 Å². The number of rotatable bonds is 8. The maximum absolute atomic E-state index is 13.4. The molecule has 9 heteroatoms. The van der Waals surface area contributed by atoms with Gasteiger partial charge in [0.05, 0.1) is 24.0 Å². The summed E-state index contributed by atoms with van der Waals surface area (Å²) in [5, 5.41) is 13.2. The van der Waals surface area contributed by atoms with Crippen molar-refractivity contribution in [2.45, 2.75) is 38.1 Å². The quantitative estimate of drug-likeness (QED) is 0.658. The van der Waals surface area contributed by atoms with E-state index >= 15 is 0 Å². The van der Waals surface area contributed by atoms with Crippen LogP contribution in [0.15, 0.2) is 35.1 Å². The average molecular weight is 419 g/mol. The zero-order valence-corrected chi connectivity index (χ0v) is 17.0. The second-order valence-electron chi connectivity index (χ2n) is 7.87. The van der Waals surface area contributed by atoms with E-state index in [2.05, 4.69) is 11.2 Å². The van der Waals surface area contributed by atoms with Gasteiger partial charge in [-0.3, -0.25) is 9.69 Å². The number of likely N-dealkylation sites (N-methyl/N-ethyl adjacent to an activating group) is 1. The molecule has 0 spiro atoms. The van der Waals surface area contributed by atoms with Crippen molar-refractivity contribution in [3.8, 4) is 6.07 Å². The highest BCUT2D eigenvalue weighted by atomic mass is 19.4. The second kappa shape index (κ2) is 8.98. The summed E-state index contributed by atoms with van der Waals surface area (Å²) in [4.78, 5) is 16.4. The number of alkyl halides is 3. The molecular formula is C21H24F3N5O. The molecule has 0 amide bonds. The van der Waals surface area contributed by atoms with Gasteiger partial charge in [0.2, 0.25) is 0 Å². The summed E-state index contributed by atoms with van der Waals surface area (Å²) in [6.07, 6.45) is -3.14. The van der Waals surface area contributed by atoms with Gasteiger partial charge in [0.1, 0.15) is 5.56 Å². The number of benzene rings is 1. The van der Waals surface area contributed by atoms with Crippen molar-refractivity contribution in [3.63, 3.8) is 0 Å². The molecule has 1 aromatic carbocycles. The van der Waals surface area contributed by atoms with Gasteiger partial charge in [-0.15, -0.1) is 0 Å². The Morgan fingerprint density at radius 3 is 2.40 bits per heavy atom. The Morgan fingerprint density at radius 1 is 1.20 bits per heavy atom. The third-order valence-electron chi connectivity index (χ3n) is 4.98. The van der Waals surface area contributed by atoms with Gasteiger partial charge in [-0.25, -0.2) is 4.68 Å². The number of aromatic nitrogens is 2. The smallest absolute Gasteiger partial charge is 0.308 e. The Balaban J connectivity index is 1.89. The molecule has 0 saturated heterocycles. The van der Waals surface area contributed by atoms with Gasteiger partial charge >= 0.3 is 6.18 Å². The minimum atomic E-state index is -4.72. The van der Waals surface area contributed by atoms with E-state index in [-0.39, 0.29) is 12.6 Å². The molecular weight excluding hydrogens is 395 g/mol. The maximum Gasteiger partial charge on any atom is 0.421 e. The molecule has 1 heterocycles. The maximum atomic E-state index is 13.4. The lowest BCUT2D eigenvalue weighted by molar-refractivity contribution is -0.139. The molecule has 1 saturated carbocycles. The molecule has 1 fully saturated rings. The highest BCUT2D eigenvalue weighted by molar-refractivity contribution is 5.31. The largest absolute Gasteiger partial charge is 0.421 e. The lowest BCUT2D eigenvalue weighted by Gasteiger charge is -2.25. The first-order chi connectivity index (χ1) is 14.2. The normalized spacial score (nSPS) is 14.3. The Labute approximate surface area is 173 Å². The molecule has 30 heavy (non-hydrogen) atoms. The van der Waals surface area contributed by atoms with E-state index in [1.165, 1.54) is 0 Å². The van der Waals surface area contributed by atoms with Crippen molar-refractivity contribution in [3.05, 3.63) is 63.1 Å². The monoisotopic (exact) mass is 419 g/mol. The SMILES string of the molecule is CN(C)CCN(Cc1ccc(C#N)cc1)Cn1nc(C2CC2)cc(C(F)(F)F)c1=O. The fourth-order valence-corrected chi connectivity index (χ4v) is 3.11. The van der Waals surface area contributed by atoms with Crippen molar-refractivity contribution in [2.24, 2.45) is 0 Å². The molecule has 6 nitrogen and oxygen atoms in total. The molecule has 1 aliphatic carbocycles. The summed E-state index contributed by atoms with van der Waals surface area (Å²) in [5.41, 5.74) is -0.529. The van der Waals surface area contributed by atoms with Gasteiger partial charge in [0.15, 0.2) is 0 Å². The summed E-state index contributed by atoms with van der Waals surface area (Å²) in [6, 6.07) is 9.96. The van der Waals surface area contributed by atoms with Gasteiger partial charge in [-0.1, -0.05) is 12.1 Å². The summed E-state index contributed by atoms with van der Waals surface area (Å²) in [7, 11) is 3.81. The van der Waals surface area contributed by atoms with Gasteiger partial charge in [-0.05, 0) is 50.7 Å². The molecule has 0 unspecified atom stereocenters. The fraction of sp³-hybridized carbons (Fsp3) is 0.476. The van der Waals surface area contributed by atoms with E-state index in [9.17, 15) is 18.0 Å². The van der Waals surface area contributed by atoms with Crippen molar-refractivity contribution in [1.82, 2.24) is 19.6 Å². The summed E-state index contributed by atoms with van der Waals surface area (Å²) in [6.45, 7) is 1.58. The van der Waals surface area contributed by atoms with Crippen LogP contribution in [0.5, 0.6) is 0 Å². The molecule has 1 aromatic heterocycles. The van der Waals surface area contributed by atoms with Crippen LogP contribution in [-0.2, 0) is 19.4 Å². The van der Waals surface area contributed by atoms with Crippen molar-refractivity contribution < 1.29 is 13.2 Å². The first-order valence-corrected chi connectivity index (χ1v) is 9.72. The molecule has 0 radical (unpaired) electrons. The Morgan fingerprint density at radius 2 is 1.87 bits per heavy atom. The summed E-state index contributed by atoms with van der Waals surface area (Å²) < 4.78 is 41.2. The van der Waals surface area contributed by atoms with E-state index < -0.39 is 17.3 Å². The number of halogens is 3. The van der Waals surface area contributed by atoms with E-state index in [0.29, 0.717) is 30.9 Å². The van der Waals surface area contributed by atoms with Crippen LogP contribution in [0.25, 0.3) is 0 Å². The molecule has 0 aliphatic heterocycles. The summed E-state index contributed by atoms with van der Waals surface area (Å²) >= 11 is 0. The molecule has 0 bridgehead atoms. The first kappa shape index (κ1) is 22.0. The van der Waals surface area contributed by atoms with Crippen LogP contribution in [0.3, 0.4) is 0 Å². The molecule has 3 rings (SSSR count). The van der Waals surface area contributed by atoms with E-state index in [0.717, 1.165) is 29.2 Å². The lowest BCUT2D eigenvalue weighted by Crippen LogP contribution is -2.39. The number of hydrogen-bond donors (Lipinski definition) is 0. The molecule has 2 aromatic rings. The van der Waals surface area contributed by atoms with Crippen molar-refractivity contribution >= 4 is 0 Å². The third kappa shape index (κ3) is 5.68. The van der Waals surface area contributed by atoms with Crippen LogP contribution < -0.4 is 5.56 Å². The minimum Gasteiger partial charge on any atom is -0.308 e. The average Bonchev–Trinajstić information content (AvgIpc) is 3.52. The molecule has 0 atom stereocenters. The van der Waals surface area contributed by atoms with Crippen molar-refractivity contribution in [1.29, 1.82) is 5.26 Å². The Hall–Kier alpha value is -2.70. The molecule has 1 aliphatic rings. The van der Waals surface area contributed by atoms with Gasteiger partial charge < -0.3 is 4.90 Å². The zero-order valence-electron chi connectivity index (χ0n) is 17.0. The van der Waals surface area contributed by atoms with E-state index in [4.69, 9.17) is 5.26 Å². The van der Waals surface area contributed by atoms with Crippen LogP contribution >= 0.6 is 0 Å². The second-order valence-corrected chi connectivity index (χ2v) is 7.87. The van der Waals surface area contributed by atoms with Crippen LogP contribution in [-0.4, -0.2) is 46.8 Å². The summed E-state index contributed by atoms with van der Waals surface area (Å²) in [5.74, 6) is -0.00768. The van der Waals surface area contributed by atoms with E-state index in [1.54, 1.807) is 24.3 Å².